The van der Waals surface area contributed by atoms with Crippen LogP contribution in [0.4, 0.5) is 0 Å². The summed E-state index contributed by atoms with van der Waals surface area (Å²) in [5, 5.41) is 0. The van der Waals surface area contributed by atoms with Gasteiger partial charge in [0.05, 0.1) is 11.0 Å². The lowest BCUT2D eigenvalue weighted by Gasteiger charge is -2.32. The van der Waals surface area contributed by atoms with Crippen LogP contribution in [0, 0.1) is 0 Å². The van der Waals surface area contributed by atoms with Crippen LogP contribution in [0.5, 0.6) is 0 Å². The molecule has 1 aromatic heterocycles. The minimum Gasteiger partial charge on any atom is -0.293 e. The molecule has 2 aliphatic rings. The van der Waals surface area contributed by atoms with Crippen molar-refractivity contribution >= 4 is 45.9 Å². The van der Waals surface area contributed by atoms with Crippen LogP contribution in [-0.4, -0.2) is 16.3 Å². The van der Waals surface area contributed by atoms with Crippen molar-refractivity contribution in [2.24, 2.45) is 0 Å². The SMILES string of the molecule is c1ccc(-c2nc3cccc4c3n2-c2cccc3c2B4c2ccccc2S3)cc1. The Morgan fingerprint density at radius 1 is 0.690 bits per heavy atom. The van der Waals surface area contributed by atoms with Crippen molar-refractivity contribution in [3.05, 3.63) is 91.0 Å². The largest absolute Gasteiger partial charge is 0.293 e. The van der Waals surface area contributed by atoms with E-state index in [1.807, 2.05) is 11.8 Å². The molecule has 0 unspecified atom stereocenters. The van der Waals surface area contributed by atoms with Crippen LogP contribution >= 0.6 is 11.8 Å². The number of aromatic nitrogens is 2. The molecule has 3 heterocycles. The lowest BCUT2D eigenvalue weighted by atomic mass is 9.35. The molecule has 4 heteroatoms. The topological polar surface area (TPSA) is 17.8 Å². The third-order valence-corrected chi connectivity index (χ3v) is 7.24. The Morgan fingerprint density at radius 2 is 1.45 bits per heavy atom. The van der Waals surface area contributed by atoms with Gasteiger partial charge in [-0.25, -0.2) is 4.98 Å². The van der Waals surface area contributed by atoms with E-state index in [1.165, 1.54) is 37.4 Å². The number of imidazole rings is 1. The van der Waals surface area contributed by atoms with Gasteiger partial charge in [-0.05, 0) is 35.2 Å². The Balaban J connectivity index is 1.66. The first-order valence-corrected chi connectivity index (χ1v) is 10.7. The average molecular weight is 386 g/mol. The van der Waals surface area contributed by atoms with E-state index >= 15 is 0 Å². The Kier molecular flexibility index (Phi) is 3.05. The molecule has 0 bridgehead atoms. The van der Waals surface area contributed by atoms with E-state index in [9.17, 15) is 0 Å². The smallest absolute Gasteiger partial charge is 0.249 e. The van der Waals surface area contributed by atoms with E-state index in [2.05, 4.69) is 95.6 Å². The maximum Gasteiger partial charge on any atom is 0.249 e. The first-order valence-electron chi connectivity index (χ1n) is 9.87. The average Bonchev–Trinajstić information content (AvgIpc) is 3.18. The predicted octanol–water partition coefficient (Wildman–Crippen LogP) is 3.99. The molecule has 7 rings (SSSR count). The summed E-state index contributed by atoms with van der Waals surface area (Å²) in [6.45, 7) is 0.259. The van der Waals surface area contributed by atoms with E-state index in [-0.39, 0.29) is 6.71 Å². The van der Waals surface area contributed by atoms with Crippen molar-refractivity contribution in [2.75, 3.05) is 0 Å². The second-order valence-electron chi connectivity index (χ2n) is 7.61. The highest BCUT2D eigenvalue weighted by Gasteiger charge is 2.39. The lowest BCUT2D eigenvalue weighted by molar-refractivity contribution is 1.10. The van der Waals surface area contributed by atoms with Gasteiger partial charge in [-0.15, -0.1) is 0 Å². The predicted molar refractivity (Wildman–Crippen MR) is 122 cm³/mol. The summed E-state index contributed by atoms with van der Waals surface area (Å²) in [4.78, 5) is 7.79. The Bertz CT molecular complexity index is 1440. The Labute approximate surface area is 173 Å². The van der Waals surface area contributed by atoms with Gasteiger partial charge in [0.25, 0.3) is 0 Å². The number of hydrogen-bond donors (Lipinski definition) is 0. The molecule has 4 aromatic carbocycles. The van der Waals surface area contributed by atoms with Gasteiger partial charge < -0.3 is 0 Å². The normalized spacial score (nSPS) is 13.3. The third-order valence-electron chi connectivity index (χ3n) is 6.07. The van der Waals surface area contributed by atoms with Crippen LogP contribution < -0.4 is 16.4 Å². The Hall–Kier alpha value is -3.24. The number of nitrogens with zero attached hydrogens (tertiary/aromatic N) is 2. The maximum atomic E-state index is 5.08. The van der Waals surface area contributed by atoms with Gasteiger partial charge >= 0.3 is 0 Å². The molecular formula is C25H15BN2S. The zero-order valence-corrected chi connectivity index (χ0v) is 16.4. The summed E-state index contributed by atoms with van der Waals surface area (Å²) in [5.74, 6) is 1.02. The van der Waals surface area contributed by atoms with Crippen LogP contribution in [0.2, 0.25) is 0 Å². The lowest BCUT2D eigenvalue weighted by Crippen LogP contribution is -2.58. The standard InChI is InChI=1S/C25H15BN2S/c1-2-8-16(9-3-1)25-27-19-12-6-11-18-24(19)28(25)20-13-7-15-22-23(20)26(18)17-10-4-5-14-21(17)29-22/h1-15H. The van der Waals surface area contributed by atoms with Crippen molar-refractivity contribution in [3.8, 4) is 17.1 Å². The van der Waals surface area contributed by atoms with Crippen LogP contribution in [0.15, 0.2) is 101 Å². The molecule has 0 spiro atoms. The van der Waals surface area contributed by atoms with Gasteiger partial charge in [0.15, 0.2) is 0 Å². The fourth-order valence-corrected chi connectivity index (χ4v) is 6.08. The van der Waals surface area contributed by atoms with Crippen LogP contribution in [-0.2, 0) is 0 Å². The van der Waals surface area contributed by atoms with Gasteiger partial charge in [0, 0.05) is 21.0 Å². The van der Waals surface area contributed by atoms with E-state index in [0.717, 1.165) is 16.9 Å². The van der Waals surface area contributed by atoms with E-state index < -0.39 is 0 Å². The Morgan fingerprint density at radius 3 is 2.38 bits per heavy atom. The van der Waals surface area contributed by atoms with Crippen LogP contribution in [0.25, 0.3) is 28.1 Å². The molecule has 134 valence electrons. The number of benzene rings is 4. The quantitative estimate of drug-likeness (QED) is 0.397. The van der Waals surface area contributed by atoms with Crippen LogP contribution in [0.1, 0.15) is 0 Å². The van der Waals surface area contributed by atoms with Gasteiger partial charge in [-0.1, -0.05) is 84.0 Å². The first kappa shape index (κ1) is 15.7. The molecule has 29 heavy (non-hydrogen) atoms. The van der Waals surface area contributed by atoms with Crippen molar-refractivity contribution in [3.63, 3.8) is 0 Å². The van der Waals surface area contributed by atoms with Crippen molar-refractivity contribution in [1.82, 2.24) is 9.55 Å². The van der Waals surface area contributed by atoms with Gasteiger partial charge in [0.1, 0.15) is 5.82 Å². The summed E-state index contributed by atoms with van der Waals surface area (Å²) in [6.07, 6.45) is 0. The number of fused-ring (bicyclic) bond motifs is 4. The van der Waals surface area contributed by atoms with E-state index in [0.29, 0.717) is 0 Å². The zero-order valence-electron chi connectivity index (χ0n) is 15.5. The minimum absolute atomic E-state index is 0.259. The molecule has 0 saturated heterocycles. The summed E-state index contributed by atoms with van der Waals surface area (Å²) < 4.78 is 2.38. The maximum absolute atomic E-state index is 5.08. The van der Waals surface area contributed by atoms with Crippen molar-refractivity contribution in [2.45, 2.75) is 9.79 Å². The molecule has 2 aliphatic heterocycles. The fourth-order valence-electron chi connectivity index (χ4n) is 4.92. The number of hydrogen-bond acceptors (Lipinski definition) is 2. The van der Waals surface area contributed by atoms with E-state index in [4.69, 9.17) is 4.98 Å². The molecule has 0 amide bonds. The molecule has 0 saturated carbocycles. The van der Waals surface area contributed by atoms with Gasteiger partial charge in [-0.3, -0.25) is 4.57 Å². The third kappa shape index (κ3) is 2.02. The number of para-hydroxylation sites is 1. The number of rotatable bonds is 1. The second-order valence-corrected chi connectivity index (χ2v) is 8.70. The summed E-state index contributed by atoms with van der Waals surface area (Å²) in [5.41, 5.74) is 8.87. The zero-order chi connectivity index (χ0) is 18.9. The highest BCUT2D eigenvalue weighted by molar-refractivity contribution is 8.00. The summed E-state index contributed by atoms with van der Waals surface area (Å²) in [6, 6.07) is 32.6. The molecule has 2 nitrogen and oxygen atoms in total. The highest BCUT2D eigenvalue weighted by Crippen LogP contribution is 2.36. The van der Waals surface area contributed by atoms with Gasteiger partial charge in [-0.2, -0.15) is 0 Å². The molecule has 0 aliphatic carbocycles. The molecule has 0 radical (unpaired) electrons. The highest BCUT2D eigenvalue weighted by atomic mass is 32.2. The van der Waals surface area contributed by atoms with Gasteiger partial charge in [0.2, 0.25) is 6.71 Å². The van der Waals surface area contributed by atoms with E-state index in [1.54, 1.807) is 0 Å². The summed E-state index contributed by atoms with van der Waals surface area (Å²) >= 11 is 1.88. The molecule has 0 atom stereocenters. The van der Waals surface area contributed by atoms with Crippen molar-refractivity contribution in [1.29, 1.82) is 0 Å². The fraction of sp³-hybridized carbons (Fsp3) is 0. The minimum atomic E-state index is 0.259. The second kappa shape index (κ2) is 5.65. The molecule has 5 aromatic rings. The molecule has 0 N–H and O–H groups in total. The summed E-state index contributed by atoms with van der Waals surface area (Å²) in [7, 11) is 0. The monoisotopic (exact) mass is 386 g/mol. The first-order chi connectivity index (χ1) is 14.4. The molecular weight excluding hydrogens is 371 g/mol. The molecule has 0 fully saturated rings. The van der Waals surface area contributed by atoms with Crippen molar-refractivity contribution < 1.29 is 0 Å². The van der Waals surface area contributed by atoms with Crippen LogP contribution in [0.3, 0.4) is 0 Å².